The molecule has 2 heterocycles. The van der Waals surface area contributed by atoms with Gasteiger partial charge in [-0.15, -0.1) is 0 Å². The lowest BCUT2D eigenvalue weighted by Crippen LogP contribution is -2.21. The predicted octanol–water partition coefficient (Wildman–Crippen LogP) is 3.58. The van der Waals surface area contributed by atoms with Gasteiger partial charge in [-0.25, -0.2) is 0 Å². The normalized spacial score (nSPS) is 25.0. The molecule has 1 fully saturated rings. The van der Waals surface area contributed by atoms with Crippen LogP contribution in [0.2, 0.25) is 5.02 Å². The molecule has 1 saturated heterocycles. The zero-order valence-electron chi connectivity index (χ0n) is 14.3. The van der Waals surface area contributed by atoms with Crippen molar-refractivity contribution in [3.63, 3.8) is 0 Å². The van der Waals surface area contributed by atoms with Crippen molar-refractivity contribution in [3.8, 4) is 11.5 Å². The predicted molar refractivity (Wildman–Crippen MR) is 93.7 cm³/mol. The van der Waals surface area contributed by atoms with Crippen LogP contribution in [0.15, 0.2) is 6.07 Å². The number of fused-ring (bicyclic) bond motifs is 1. The van der Waals surface area contributed by atoms with Crippen molar-refractivity contribution in [3.05, 3.63) is 22.2 Å². The second-order valence-corrected chi connectivity index (χ2v) is 7.42. The highest BCUT2D eigenvalue weighted by Gasteiger charge is 2.35. The molecule has 0 aromatic heterocycles. The minimum Gasteiger partial charge on any atom is -0.489 e. The summed E-state index contributed by atoms with van der Waals surface area (Å²) in [6.07, 6.45) is 1.95. The van der Waals surface area contributed by atoms with E-state index in [9.17, 15) is 0 Å². The van der Waals surface area contributed by atoms with Gasteiger partial charge in [-0.05, 0) is 37.4 Å². The van der Waals surface area contributed by atoms with Crippen LogP contribution in [0.25, 0.3) is 0 Å². The molecule has 0 amide bonds. The molecule has 0 spiro atoms. The van der Waals surface area contributed by atoms with E-state index in [1.54, 1.807) is 0 Å². The maximum absolute atomic E-state index is 6.71. The lowest BCUT2D eigenvalue weighted by molar-refractivity contribution is 0.294. The zero-order valence-corrected chi connectivity index (χ0v) is 15.0. The van der Waals surface area contributed by atoms with Crippen LogP contribution in [0.4, 0.5) is 0 Å². The van der Waals surface area contributed by atoms with E-state index in [0.717, 1.165) is 42.5 Å². The molecule has 2 N–H and O–H groups in total. The van der Waals surface area contributed by atoms with Crippen molar-refractivity contribution in [1.29, 1.82) is 0 Å². The van der Waals surface area contributed by atoms with Gasteiger partial charge in [0.1, 0.15) is 0 Å². The summed E-state index contributed by atoms with van der Waals surface area (Å²) in [6.45, 7) is 7.50. The summed E-state index contributed by atoms with van der Waals surface area (Å²) in [5.41, 5.74) is 8.30. The Labute approximate surface area is 143 Å². The van der Waals surface area contributed by atoms with Crippen molar-refractivity contribution in [1.82, 2.24) is 4.90 Å². The highest BCUT2D eigenvalue weighted by Crippen LogP contribution is 2.48. The van der Waals surface area contributed by atoms with E-state index in [0.29, 0.717) is 31.1 Å². The average Bonchev–Trinajstić information content (AvgIpc) is 2.73. The van der Waals surface area contributed by atoms with Crippen LogP contribution in [0, 0.1) is 5.92 Å². The van der Waals surface area contributed by atoms with E-state index >= 15 is 0 Å². The molecule has 2 aliphatic rings. The van der Waals surface area contributed by atoms with Gasteiger partial charge >= 0.3 is 0 Å². The van der Waals surface area contributed by atoms with Crippen molar-refractivity contribution in [2.75, 3.05) is 33.4 Å². The second kappa shape index (κ2) is 6.88. The number of hydrogen-bond donors (Lipinski definition) is 1. The molecule has 0 aliphatic carbocycles. The number of ether oxygens (including phenoxy) is 2. The molecule has 23 heavy (non-hydrogen) atoms. The first-order valence-corrected chi connectivity index (χ1v) is 8.92. The Kier molecular flexibility index (Phi) is 5.04. The summed E-state index contributed by atoms with van der Waals surface area (Å²) in [7, 11) is 2.16. The van der Waals surface area contributed by atoms with Crippen LogP contribution in [-0.4, -0.2) is 38.3 Å². The van der Waals surface area contributed by atoms with Crippen LogP contribution in [0.1, 0.15) is 49.8 Å². The molecular weight excluding hydrogens is 312 g/mol. The monoisotopic (exact) mass is 338 g/mol. The van der Waals surface area contributed by atoms with Crippen molar-refractivity contribution in [2.45, 2.75) is 38.6 Å². The van der Waals surface area contributed by atoms with Gasteiger partial charge in [0, 0.05) is 35.7 Å². The molecule has 3 rings (SSSR count). The van der Waals surface area contributed by atoms with Crippen LogP contribution in [0.5, 0.6) is 11.5 Å². The molecule has 2 aliphatic heterocycles. The van der Waals surface area contributed by atoms with E-state index in [1.165, 1.54) is 11.1 Å². The summed E-state index contributed by atoms with van der Waals surface area (Å²) < 4.78 is 11.9. The number of hydrogen-bond acceptors (Lipinski definition) is 4. The molecular formula is C18H27ClN2O2. The van der Waals surface area contributed by atoms with E-state index < -0.39 is 0 Å². The lowest BCUT2D eigenvalue weighted by atomic mass is 9.89. The Morgan fingerprint density at radius 3 is 2.74 bits per heavy atom. The Morgan fingerprint density at radius 2 is 2.09 bits per heavy atom. The SMILES string of the molecule is CC(C)c1c2c(cc(Cl)c1C1CC(CN)CN1C)OCCCO2. The quantitative estimate of drug-likeness (QED) is 0.915. The first-order valence-electron chi connectivity index (χ1n) is 8.55. The number of rotatable bonds is 3. The number of benzene rings is 1. The summed E-state index contributed by atoms with van der Waals surface area (Å²) >= 11 is 6.71. The summed E-state index contributed by atoms with van der Waals surface area (Å²) in [4.78, 5) is 2.37. The molecule has 0 bridgehead atoms. The fourth-order valence-corrected chi connectivity index (χ4v) is 4.17. The third kappa shape index (κ3) is 3.17. The number of nitrogens with zero attached hydrogens (tertiary/aromatic N) is 1. The largest absolute Gasteiger partial charge is 0.489 e. The first kappa shape index (κ1) is 16.9. The molecule has 5 heteroatoms. The maximum Gasteiger partial charge on any atom is 0.165 e. The molecule has 4 nitrogen and oxygen atoms in total. The minimum absolute atomic E-state index is 0.297. The van der Waals surface area contributed by atoms with Gasteiger partial charge in [0.25, 0.3) is 0 Å². The van der Waals surface area contributed by atoms with Crippen LogP contribution < -0.4 is 15.2 Å². The van der Waals surface area contributed by atoms with E-state index in [4.69, 9.17) is 26.8 Å². The average molecular weight is 339 g/mol. The molecule has 1 aromatic rings. The van der Waals surface area contributed by atoms with E-state index in [1.807, 2.05) is 6.07 Å². The van der Waals surface area contributed by atoms with Crippen molar-refractivity contribution in [2.24, 2.45) is 11.7 Å². The fraction of sp³-hybridized carbons (Fsp3) is 0.667. The maximum atomic E-state index is 6.71. The van der Waals surface area contributed by atoms with E-state index in [2.05, 4.69) is 25.8 Å². The van der Waals surface area contributed by atoms with Crippen molar-refractivity contribution >= 4 is 11.6 Å². The summed E-state index contributed by atoms with van der Waals surface area (Å²) in [5, 5.41) is 0.785. The molecule has 0 radical (unpaired) electrons. The molecule has 1 aromatic carbocycles. The number of nitrogens with two attached hydrogens (primary N) is 1. The van der Waals surface area contributed by atoms with Crippen molar-refractivity contribution < 1.29 is 9.47 Å². The fourth-order valence-electron chi connectivity index (χ4n) is 3.84. The van der Waals surface area contributed by atoms with Crippen LogP contribution >= 0.6 is 11.6 Å². The van der Waals surface area contributed by atoms with Gasteiger partial charge in [0.15, 0.2) is 11.5 Å². The Morgan fingerprint density at radius 1 is 1.35 bits per heavy atom. The van der Waals surface area contributed by atoms with Gasteiger partial charge in [-0.1, -0.05) is 25.4 Å². The van der Waals surface area contributed by atoms with Gasteiger partial charge < -0.3 is 15.2 Å². The van der Waals surface area contributed by atoms with Gasteiger partial charge in [-0.2, -0.15) is 0 Å². The Bertz CT molecular complexity index is 577. The van der Waals surface area contributed by atoms with E-state index in [-0.39, 0.29) is 0 Å². The topological polar surface area (TPSA) is 47.7 Å². The molecule has 0 saturated carbocycles. The minimum atomic E-state index is 0.297. The first-order chi connectivity index (χ1) is 11.0. The molecule has 2 atom stereocenters. The summed E-state index contributed by atoms with van der Waals surface area (Å²) in [5.74, 6) is 2.53. The third-order valence-corrected chi connectivity index (χ3v) is 5.26. The highest BCUT2D eigenvalue weighted by molar-refractivity contribution is 6.31. The standard InChI is InChI=1S/C18H27ClN2O2/c1-11(2)16-17(14-7-12(9-20)10-21(14)3)13(19)8-15-18(16)23-6-4-5-22-15/h8,11-12,14H,4-7,9-10,20H2,1-3H3. The highest BCUT2D eigenvalue weighted by atomic mass is 35.5. The van der Waals surface area contributed by atoms with Gasteiger partial charge in [0.05, 0.1) is 13.2 Å². The number of halogens is 1. The van der Waals surface area contributed by atoms with Crippen LogP contribution in [-0.2, 0) is 0 Å². The second-order valence-electron chi connectivity index (χ2n) is 7.01. The summed E-state index contributed by atoms with van der Waals surface area (Å²) in [6, 6.07) is 2.23. The van der Waals surface area contributed by atoms with Crippen LogP contribution in [0.3, 0.4) is 0 Å². The smallest absolute Gasteiger partial charge is 0.165 e. The van der Waals surface area contributed by atoms with Gasteiger partial charge in [-0.3, -0.25) is 4.90 Å². The Balaban J connectivity index is 2.11. The lowest BCUT2D eigenvalue weighted by Gasteiger charge is -2.27. The zero-order chi connectivity index (χ0) is 16.6. The third-order valence-electron chi connectivity index (χ3n) is 4.95. The van der Waals surface area contributed by atoms with Gasteiger partial charge in [0.2, 0.25) is 0 Å². The molecule has 2 unspecified atom stereocenters. The Hall–Kier alpha value is -0.970. The molecule has 128 valence electrons. The number of likely N-dealkylation sites (tertiary alicyclic amines) is 1.